The lowest BCUT2D eigenvalue weighted by Crippen LogP contribution is -2.42. The van der Waals surface area contributed by atoms with Gasteiger partial charge in [-0.05, 0) is 65.4 Å². The van der Waals surface area contributed by atoms with Crippen molar-refractivity contribution < 1.29 is 19.1 Å². The fourth-order valence-electron chi connectivity index (χ4n) is 6.36. The van der Waals surface area contributed by atoms with Crippen LogP contribution in [0, 0.1) is 0 Å². The zero-order valence-electron chi connectivity index (χ0n) is 26.7. The number of hydrogen-bond acceptors (Lipinski definition) is 6. The molecule has 1 fully saturated rings. The van der Waals surface area contributed by atoms with Gasteiger partial charge in [-0.1, -0.05) is 66.7 Å². The van der Waals surface area contributed by atoms with Crippen LogP contribution in [0.2, 0.25) is 0 Å². The minimum Gasteiger partial charge on any atom is -0.446 e. The van der Waals surface area contributed by atoms with Crippen molar-refractivity contribution in [3.8, 4) is 11.1 Å². The molecular formula is C38H41N5O4. The summed E-state index contributed by atoms with van der Waals surface area (Å²) in [7, 11) is 1.84. The normalized spacial score (nSPS) is 15.2. The third kappa shape index (κ3) is 8.06. The minimum atomic E-state index is -0.438. The number of likely N-dealkylation sites (N-methyl/N-ethyl adjacent to an activating group) is 1. The number of nitrogens with zero attached hydrogens (tertiary/aromatic N) is 3. The van der Waals surface area contributed by atoms with Crippen LogP contribution in [0.1, 0.15) is 50.2 Å². The summed E-state index contributed by atoms with van der Waals surface area (Å²) in [6, 6.07) is 31.2. The molecule has 242 valence electrons. The highest BCUT2D eigenvalue weighted by Gasteiger charge is 2.24. The van der Waals surface area contributed by atoms with Crippen molar-refractivity contribution >= 4 is 23.6 Å². The van der Waals surface area contributed by atoms with Gasteiger partial charge in [0, 0.05) is 69.6 Å². The molecule has 0 spiro atoms. The van der Waals surface area contributed by atoms with Gasteiger partial charge in [0.25, 0.3) is 5.91 Å². The van der Waals surface area contributed by atoms with E-state index >= 15 is 0 Å². The first-order valence-corrected chi connectivity index (χ1v) is 16.1. The zero-order chi connectivity index (χ0) is 32.8. The highest BCUT2D eigenvalue weighted by molar-refractivity contribution is 5.94. The van der Waals surface area contributed by atoms with Crippen LogP contribution in [0.5, 0.6) is 0 Å². The van der Waals surface area contributed by atoms with E-state index in [0.717, 1.165) is 80.1 Å². The van der Waals surface area contributed by atoms with E-state index in [9.17, 15) is 14.4 Å². The van der Waals surface area contributed by atoms with Gasteiger partial charge in [-0.3, -0.25) is 19.8 Å². The average Bonchev–Trinajstić information content (AvgIpc) is 3.50. The number of rotatable bonds is 10. The monoisotopic (exact) mass is 631 g/mol. The summed E-state index contributed by atoms with van der Waals surface area (Å²) in [4.78, 5) is 43.8. The lowest BCUT2D eigenvalue weighted by Gasteiger charge is -2.32. The van der Waals surface area contributed by atoms with Crippen molar-refractivity contribution in [3.63, 3.8) is 0 Å². The predicted octanol–water partition coefficient (Wildman–Crippen LogP) is 5.75. The molecule has 9 heteroatoms. The van der Waals surface area contributed by atoms with E-state index in [-0.39, 0.29) is 12.0 Å². The first-order valence-electron chi connectivity index (χ1n) is 16.1. The molecule has 4 aromatic rings. The Morgan fingerprint density at radius 3 is 2.26 bits per heavy atom. The van der Waals surface area contributed by atoms with Gasteiger partial charge < -0.3 is 20.3 Å². The number of ether oxygens (including phenoxy) is 1. The number of para-hydroxylation sites is 1. The van der Waals surface area contributed by atoms with E-state index in [1.165, 1.54) is 5.56 Å². The molecule has 1 saturated heterocycles. The van der Waals surface area contributed by atoms with Crippen LogP contribution in [-0.4, -0.2) is 71.9 Å². The summed E-state index contributed by atoms with van der Waals surface area (Å²) in [6.07, 6.45) is 0.922. The number of amides is 3. The van der Waals surface area contributed by atoms with Gasteiger partial charge in [0.2, 0.25) is 5.91 Å². The number of carbonyl (C=O) groups is 3. The van der Waals surface area contributed by atoms with Gasteiger partial charge >= 0.3 is 6.09 Å². The molecule has 4 aromatic carbocycles. The van der Waals surface area contributed by atoms with E-state index in [1.807, 2.05) is 98.0 Å². The predicted molar refractivity (Wildman–Crippen MR) is 183 cm³/mol. The van der Waals surface area contributed by atoms with Gasteiger partial charge in [0.15, 0.2) is 0 Å². The van der Waals surface area contributed by atoms with Crippen LogP contribution in [0.3, 0.4) is 0 Å². The standard InChI is InChI=1S/C38H41N5O4/c1-41(37(45)29-13-11-27(12-14-29)24-43-25-31-16-15-30(36(39)44)23-32(31)26-43)21-22-42-19-17-33(18-20-42)47-38(46)40-35-10-6-5-9-34(35)28-7-3-2-4-8-28/h2-16,23,33H,17-22,24-26H2,1H3,(H2,39,44)(H,40,46). The minimum absolute atomic E-state index is 0.00483. The molecule has 9 nitrogen and oxygen atoms in total. The largest absolute Gasteiger partial charge is 0.446 e. The number of likely N-dealkylation sites (tertiary alicyclic amines) is 1. The van der Waals surface area contributed by atoms with Crippen LogP contribution in [0.25, 0.3) is 11.1 Å². The van der Waals surface area contributed by atoms with Crippen molar-refractivity contribution in [2.75, 3.05) is 38.5 Å². The van der Waals surface area contributed by atoms with E-state index in [4.69, 9.17) is 10.5 Å². The molecule has 0 saturated carbocycles. The smallest absolute Gasteiger partial charge is 0.411 e. The van der Waals surface area contributed by atoms with E-state index < -0.39 is 12.0 Å². The number of benzene rings is 4. The second kappa shape index (κ2) is 14.6. The van der Waals surface area contributed by atoms with Crippen LogP contribution < -0.4 is 11.1 Å². The summed E-state index contributed by atoms with van der Waals surface area (Å²) in [5.41, 5.74) is 12.8. The lowest BCUT2D eigenvalue weighted by atomic mass is 10.0. The fraction of sp³-hybridized carbons (Fsp3) is 0.289. The summed E-state index contributed by atoms with van der Waals surface area (Å²) >= 11 is 0. The molecule has 0 aromatic heterocycles. The molecule has 0 bridgehead atoms. The van der Waals surface area contributed by atoms with E-state index in [0.29, 0.717) is 17.7 Å². The Kier molecular flexibility index (Phi) is 9.94. The molecule has 0 atom stereocenters. The molecule has 47 heavy (non-hydrogen) atoms. The Bertz CT molecular complexity index is 1720. The lowest BCUT2D eigenvalue weighted by molar-refractivity contribution is 0.0540. The first kappa shape index (κ1) is 32.0. The number of anilines is 1. The zero-order valence-corrected chi connectivity index (χ0v) is 26.7. The van der Waals surface area contributed by atoms with E-state index in [2.05, 4.69) is 15.1 Å². The Morgan fingerprint density at radius 1 is 0.830 bits per heavy atom. The van der Waals surface area contributed by atoms with Crippen molar-refractivity contribution in [1.29, 1.82) is 0 Å². The molecule has 2 aliphatic heterocycles. The molecular weight excluding hydrogens is 590 g/mol. The first-order chi connectivity index (χ1) is 22.8. The van der Waals surface area contributed by atoms with Crippen molar-refractivity contribution in [2.45, 2.75) is 38.6 Å². The van der Waals surface area contributed by atoms with E-state index in [1.54, 1.807) is 11.0 Å². The van der Waals surface area contributed by atoms with Gasteiger partial charge in [-0.15, -0.1) is 0 Å². The number of fused-ring (bicyclic) bond motifs is 1. The van der Waals surface area contributed by atoms with Gasteiger partial charge in [0.1, 0.15) is 6.10 Å². The Morgan fingerprint density at radius 2 is 1.51 bits per heavy atom. The number of carbonyl (C=O) groups excluding carboxylic acids is 3. The van der Waals surface area contributed by atoms with Crippen LogP contribution in [0.4, 0.5) is 10.5 Å². The molecule has 0 unspecified atom stereocenters. The maximum Gasteiger partial charge on any atom is 0.411 e. The number of nitrogens with two attached hydrogens (primary N) is 1. The van der Waals surface area contributed by atoms with Crippen molar-refractivity contribution in [2.24, 2.45) is 5.73 Å². The SMILES string of the molecule is CN(CCN1CCC(OC(=O)Nc2ccccc2-c2ccccc2)CC1)C(=O)c1ccc(CN2Cc3ccc(C(N)=O)cc3C2)cc1. The van der Waals surface area contributed by atoms with Gasteiger partial charge in [-0.25, -0.2) is 4.79 Å². The average molecular weight is 632 g/mol. The number of nitrogens with one attached hydrogen (secondary N) is 1. The maximum absolute atomic E-state index is 13.1. The second-order valence-electron chi connectivity index (χ2n) is 12.4. The van der Waals surface area contributed by atoms with Crippen molar-refractivity contribution in [1.82, 2.24) is 14.7 Å². The summed E-state index contributed by atoms with van der Waals surface area (Å²) < 4.78 is 5.78. The summed E-state index contributed by atoms with van der Waals surface area (Å²) in [5, 5.41) is 2.93. The third-order valence-electron chi connectivity index (χ3n) is 9.04. The molecule has 2 aliphatic rings. The Labute approximate surface area is 275 Å². The highest BCUT2D eigenvalue weighted by Crippen LogP contribution is 2.28. The molecule has 3 amide bonds. The Hall–Kier alpha value is -4.99. The number of hydrogen-bond donors (Lipinski definition) is 2. The quantitative estimate of drug-likeness (QED) is 0.231. The van der Waals surface area contributed by atoms with Gasteiger partial charge in [-0.2, -0.15) is 0 Å². The topological polar surface area (TPSA) is 108 Å². The number of piperidine rings is 1. The third-order valence-corrected chi connectivity index (χ3v) is 9.04. The van der Waals surface area contributed by atoms with Crippen LogP contribution >= 0.6 is 0 Å². The maximum atomic E-state index is 13.1. The molecule has 0 aliphatic carbocycles. The molecule has 6 rings (SSSR count). The Balaban J connectivity index is 0.916. The van der Waals surface area contributed by atoms with Gasteiger partial charge in [0.05, 0.1) is 5.69 Å². The number of primary amides is 1. The highest BCUT2D eigenvalue weighted by atomic mass is 16.6. The molecule has 3 N–H and O–H groups in total. The second-order valence-corrected chi connectivity index (χ2v) is 12.4. The summed E-state index contributed by atoms with van der Waals surface area (Å²) in [5.74, 6) is -0.413. The molecule has 2 heterocycles. The summed E-state index contributed by atoms with van der Waals surface area (Å²) in [6.45, 7) is 5.32. The van der Waals surface area contributed by atoms with Crippen LogP contribution in [-0.2, 0) is 24.4 Å². The van der Waals surface area contributed by atoms with Crippen molar-refractivity contribution in [3.05, 3.63) is 125 Å². The fourth-order valence-corrected chi connectivity index (χ4v) is 6.36. The van der Waals surface area contributed by atoms with Crippen LogP contribution in [0.15, 0.2) is 97.1 Å². The molecule has 0 radical (unpaired) electrons.